The molecule has 1 amide bonds. The Hall–Kier alpha value is -3.14. The van der Waals surface area contributed by atoms with Gasteiger partial charge in [-0.3, -0.25) is 9.78 Å². The number of nitrogens with one attached hydrogen (secondary N) is 1. The number of thiophene rings is 1. The molecular weight excluding hydrogens is 547 g/mol. The van der Waals surface area contributed by atoms with E-state index in [2.05, 4.69) is 10.3 Å². The number of benzene rings is 2. The summed E-state index contributed by atoms with van der Waals surface area (Å²) >= 11 is 7.37. The van der Waals surface area contributed by atoms with E-state index in [1.54, 1.807) is 29.2 Å². The third-order valence-electron chi connectivity index (χ3n) is 7.39. The van der Waals surface area contributed by atoms with Crippen LogP contribution >= 0.6 is 22.9 Å². The standard InChI is InChI=1S/C29H27ClF3N3O2S/c1-34-18-4-6-19(7-5-18)36(29(37)28-26(30)25-21(31)8-9-22(32)27(25)39-28)15-17-13-16(3-10-24(17)38-2)20-11-12-35-14-23(20)33/h3,8-14,18-19,34H,4-7,15H2,1-2H3/t18-,19+. The number of halogens is 4. The molecule has 1 aliphatic carbocycles. The second kappa shape index (κ2) is 11.5. The lowest BCUT2D eigenvalue weighted by molar-refractivity contribution is 0.0604. The zero-order valence-electron chi connectivity index (χ0n) is 21.4. The minimum atomic E-state index is -0.679. The number of nitrogens with zero attached hydrogens (tertiary/aromatic N) is 2. The van der Waals surface area contributed by atoms with Crippen molar-refractivity contribution in [3.05, 3.63) is 81.7 Å². The fourth-order valence-corrected chi connectivity index (χ4v) is 6.78. The van der Waals surface area contributed by atoms with Crippen molar-refractivity contribution in [2.24, 2.45) is 0 Å². The average Bonchev–Trinajstić information content (AvgIpc) is 3.32. The van der Waals surface area contributed by atoms with E-state index in [1.807, 2.05) is 7.05 Å². The van der Waals surface area contributed by atoms with Crippen LogP contribution in [0.1, 0.15) is 40.9 Å². The van der Waals surface area contributed by atoms with E-state index in [1.165, 1.54) is 13.3 Å². The molecule has 0 spiro atoms. The Morgan fingerprint density at radius 3 is 2.51 bits per heavy atom. The zero-order chi connectivity index (χ0) is 27.7. The molecule has 39 heavy (non-hydrogen) atoms. The minimum absolute atomic E-state index is 0.00920. The summed E-state index contributed by atoms with van der Waals surface area (Å²) in [5.41, 5.74) is 1.66. The summed E-state index contributed by atoms with van der Waals surface area (Å²) in [6, 6.07) is 9.12. The number of amides is 1. The van der Waals surface area contributed by atoms with Crippen LogP contribution in [0.2, 0.25) is 5.02 Å². The highest BCUT2D eigenvalue weighted by molar-refractivity contribution is 7.21. The highest BCUT2D eigenvalue weighted by Gasteiger charge is 2.33. The van der Waals surface area contributed by atoms with Gasteiger partial charge in [0, 0.05) is 36.0 Å². The van der Waals surface area contributed by atoms with E-state index in [4.69, 9.17) is 16.3 Å². The average molecular weight is 574 g/mol. The number of fused-ring (bicyclic) bond motifs is 1. The van der Waals surface area contributed by atoms with Crippen LogP contribution in [0, 0.1) is 17.5 Å². The van der Waals surface area contributed by atoms with Gasteiger partial charge >= 0.3 is 0 Å². The molecule has 5 nitrogen and oxygen atoms in total. The Bertz CT molecular complexity index is 1520. The summed E-state index contributed by atoms with van der Waals surface area (Å²) in [7, 11) is 3.45. The molecule has 0 saturated heterocycles. The molecule has 1 aliphatic rings. The molecule has 2 aromatic carbocycles. The number of carbonyl (C=O) groups is 1. The molecule has 0 unspecified atom stereocenters. The van der Waals surface area contributed by atoms with E-state index >= 15 is 0 Å². The summed E-state index contributed by atoms with van der Waals surface area (Å²) in [5.74, 6) is -1.65. The van der Waals surface area contributed by atoms with Crippen molar-refractivity contribution >= 4 is 38.9 Å². The first kappa shape index (κ1) is 27.4. The van der Waals surface area contributed by atoms with Crippen molar-refractivity contribution in [1.82, 2.24) is 15.2 Å². The van der Waals surface area contributed by atoms with Gasteiger partial charge in [-0.1, -0.05) is 17.7 Å². The molecule has 0 atom stereocenters. The second-order valence-electron chi connectivity index (χ2n) is 9.59. The molecule has 2 heterocycles. The van der Waals surface area contributed by atoms with Crippen LogP contribution in [-0.2, 0) is 6.54 Å². The molecule has 10 heteroatoms. The summed E-state index contributed by atoms with van der Waals surface area (Å²) in [6.45, 7) is 0.146. The van der Waals surface area contributed by atoms with Gasteiger partial charge in [0.2, 0.25) is 0 Å². The summed E-state index contributed by atoms with van der Waals surface area (Å²) < 4.78 is 49.3. The number of ether oxygens (including phenoxy) is 1. The van der Waals surface area contributed by atoms with Crippen molar-refractivity contribution in [1.29, 1.82) is 0 Å². The Morgan fingerprint density at radius 2 is 1.85 bits per heavy atom. The van der Waals surface area contributed by atoms with E-state index < -0.39 is 23.4 Å². The van der Waals surface area contributed by atoms with Gasteiger partial charge < -0.3 is 15.0 Å². The highest BCUT2D eigenvalue weighted by Crippen LogP contribution is 2.40. The Morgan fingerprint density at radius 1 is 1.10 bits per heavy atom. The highest BCUT2D eigenvalue weighted by atomic mass is 35.5. The van der Waals surface area contributed by atoms with Crippen LogP contribution in [0.3, 0.4) is 0 Å². The van der Waals surface area contributed by atoms with Crippen LogP contribution in [0.4, 0.5) is 13.2 Å². The summed E-state index contributed by atoms with van der Waals surface area (Å²) in [4.78, 5) is 19.7. The number of rotatable bonds is 7. The predicted octanol–water partition coefficient (Wildman–Crippen LogP) is 7.22. The molecule has 1 N–H and O–H groups in total. The molecule has 0 radical (unpaired) electrons. The predicted molar refractivity (Wildman–Crippen MR) is 148 cm³/mol. The normalized spacial score (nSPS) is 17.4. The molecule has 1 fully saturated rings. The van der Waals surface area contributed by atoms with Gasteiger partial charge in [-0.25, -0.2) is 13.2 Å². The lowest BCUT2D eigenvalue weighted by atomic mass is 9.89. The van der Waals surface area contributed by atoms with E-state index in [0.717, 1.165) is 55.3 Å². The number of aromatic nitrogens is 1. The summed E-state index contributed by atoms with van der Waals surface area (Å²) in [5, 5.41) is 3.12. The fourth-order valence-electron chi connectivity index (χ4n) is 5.27. The maximum absolute atomic E-state index is 14.6. The molecule has 1 saturated carbocycles. The maximum atomic E-state index is 14.6. The minimum Gasteiger partial charge on any atom is -0.496 e. The van der Waals surface area contributed by atoms with Crippen LogP contribution in [0.15, 0.2) is 48.8 Å². The first-order chi connectivity index (χ1) is 18.8. The van der Waals surface area contributed by atoms with E-state index in [-0.39, 0.29) is 32.6 Å². The van der Waals surface area contributed by atoms with Crippen molar-refractivity contribution in [3.63, 3.8) is 0 Å². The number of hydrogen-bond acceptors (Lipinski definition) is 5. The van der Waals surface area contributed by atoms with E-state index in [9.17, 15) is 18.0 Å². The molecule has 5 rings (SSSR count). The Balaban J connectivity index is 1.57. The maximum Gasteiger partial charge on any atom is 0.266 e. The van der Waals surface area contributed by atoms with Gasteiger partial charge in [0.15, 0.2) is 0 Å². The first-order valence-corrected chi connectivity index (χ1v) is 13.8. The van der Waals surface area contributed by atoms with Crippen LogP contribution < -0.4 is 10.1 Å². The quantitative estimate of drug-likeness (QED) is 0.254. The smallest absolute Gasteiger partial charge is 0.266 e. The van der Waals surface area contributed by atoms with Crippen LogP contribution in [-0.4, -0.2) is 42.0 Å². The second-order valence-corrected chi connectivity index (χ2v) is 11.0. The van der Waals surface area contributed by atoms with E-state index in [0.29, 0.717) is 28.5 Å². The van der Waals surface area contributed by atoms with Gasteiger partial charge in [-0.2, -0.15) is 0 Å². The molecule has 0 bridgehead atoms. The lowest BCUT2D eigenvalue weighted by Gasteiger charge is -2.37. The zero-order valence-corrected chi connectivity index (χ0v) is 23.0. The largest absolute Gasteiger partial charge is 0.496 e. The van der Waals surface area contributed by atoms with Gasteiger partial charge in [-0.15, -0.1) is 11.3 Å². The van der Waals surface area contributed by atoms with Crippen molar-refractivity contribution in [3.8, 4) is 16.9 Å². The SMILES string of the molecule is CN[C@H]1CC[C@@H](N(Cc2cc(-c3ccncc3F)ccc2OC)C(=O)c2sc3c(F)ccc(F)c3c2Cl)CC1. The van der Waals surface area contributed by atoms with Gasteiger partial charge in [0.1, 0.15) is 28.1 Å². The van der Waals surface area contributed by atoms with Crippen molar-refractivity contribution in [2.75, 3.05) is 14.2 Å². The van der Waals surface area contributed by atoms with Crippen LogP contribution in [0.25, 0.3) is 21.2 Å². The number of methoxy groups -OCH3 is 1. The van der Waals surface area contributed by atoms with Crippen molar-refractivity contribution < 1.29 is 22.7 Å². The first-order valence-electron chi connectivity index (χ1n) is 12.6. The Labute approximate surface area is 233 Å². The molecule has 204 valence electrons. The van der Waals surface area contributed by atoms with Crippen LogP contribution in [0.5, 0.6) is 5.75 Å². The molecular formula is C29H27ClF3N3O2S. The number of pyridine rings is 1. The number of hydrogen-bond donors (Lipinski definition) is 1. The van der Waals surface area contributed by atoms with Gasteiger partial charge in [0.25, 0.3) is 5.91 Å². The third-order valence-corrected chi connectivity index (χ3v) is 9.06. The monoisotopic (exact) mass is 573 g/mol. The summed E-state index contributed by atoms with van der Waals surface area (Å²) in [6.07, 6.45) is 5.88. The van der Waals surface area contributed by atoms with Gasteiger partial charge in [0.05, 0.1) is 28.4 Å². The van der Waals surface area contributed by atoms with Crippen molar-refractivity contribution in [2.45, 2.75) is 44.3 Å². The fraction of sp³-hybridized carbons (Fsp3) is 0.310. The van der Waals surface area contributed by atoms with Gasteiger partial charge in [-0.05, 0) is 68.6 Å². The molecule has 4 aromatic rings. The lowest BCUT2D eigenvalue weighted by Crippen LogP contribution is -2.44. The Kier molecular flexibility index (Phi) is 8.11. The third kappa shape index (κ3) is 5.35. The number of carbonyl (C=O) groups excluding carboxylic acids is 1. The molecule has 0 aliphatic heterocycles. The topological polar surface area (TPSA) is 54.5 Å². The molecule has 2 aromatic heterocycles.